The molecule has 3 aromatic rings. The minimum Gasteiger partial charge on any atom is -0.355 e. The lowest BCUT2D eigenvalue weighted by Crippen LogP contribution is -2.65. The highest BCUT2D eigenvalue weighted by molar-refractivity contribution is 7.13. The molecule has 2 amide bonds. The molecule has 0 atom stereocenters. The molecule has 0 aliphatic carbocycles. The fraction of sp³-hybridized carbons (Fsp3) is 0.318. The van der Waals surface area contributed by atoms with E-state index >= 15 is 0 Å². The molecule has 0 unspecified atom stereocenters. The van der Waals surface area contributed by atoms with Gasteiger partial charge in [-0.05, 0) is 34.4 Å². The van der Waals surface area contributed by atoms with Crippen molar-refractivity contribution in [2.75, 3.05) is 30.4 Å². The van der Waals surface area contributed by atoms with Crippen LogP contribution in [0.25, 0.3) is 0 Å². The third-order valence-corrected chi connectivity index (χ3v) is 6.76. The normalized spacial score (nSPS) is 14.6. The zero-order chi connectivity index (χ0) is 23.8. The van der Waals surface area contributed by atoms with E-state index in [4.69, 9.17) is 11.6 Å². The summed E-state index contributed by atoms with van der Waals surface area (Å²) in [6.07, 6.45) is 1.38. The molecule has 0 spiro atoms. The molecule has 2 aromatic heterocycles. The molecule has 1 fully saturated rings. The quantitative estimate of drug-likeness (QED) is 0.461. The molecule has 0 radical (unpaired) electrons. The number of nitrogens with one attached hydrogen (secondary N) is 3. The summed E-state index contributed by atoms with van der Waals surface area (Å²) in [6.45, 7) is 4.82. The van der Waals surface area contributed by atoms with E-state index in [-0.39, 0.29) is 39.0 Å². The van der Waals surface area contributed by atoms with Crippen LogP contribution in [0, 0.1) is 0 Å². The van der Waals surface area contributed by atoms with Crippen molar-refractivity contribution in [3.63, 3.8) is 0 Å². The van der Waals surface area contributed by atoms with Gasteiger partial charge in [-0.1, -0.05) is 49.7 Å². The number of pyridine rings is 1. The Morgan fingerprint density at radius 1 is 1.27 bits per heavy atom. The lowest BCUT2D eigenvalue weighted by molar-refractivity contribution is -0.122. The van der Waals surface area contributed by atoms with Crippen molar-refractivity contribution in [1.82, 2.24) is 20.5 Å². The van der Waals surface area contributed by atoms with Crippen molar-refractivity contribution < 1.29 is 9.59 Å². The van der Waals surface area contributed by atoms with Crippen LogP contribution >= 0.6 is 22.9 Å². The average molecular weight is 487 g/mol. The summed E-state index contributed by atoms with van der Waals surface area (Å²) < 4.78 is 0. The van der Waals surface area contributed by atoms with Gasteiger partial charge in [-0.3, -0.25) is 14.4 Å². The third kappa shape index (κ3) is 4.23. The SMILES string of the molecule is CNC(=O)c1cc(Cl)ncc1NC(=O)C1(c2ccccc2C(C)C)CN(c2n[nH]c(=O)s2)C1. The first-order valence-corrected chi connectivity index (χ1v) is 11.5. The number of amides is 2. The first kappa shape index (κ1) is 22.9. The molecule has 0 bridgehead atoms. The topological polar surface area (TPSA) is 120 Å². The molecule has 1 aliphatic rings. The molecule has 0 saturated carbocycles. The van der Waals surface area contributed by atoms with E-state index in [1.165, 1.54) is 19.3 Å². The van der Waals surface area contributed by atoms with Crippen LogP contribution in [0.15, 0.2) is 41.3 Å². The Hall–Kier alpha value is -3.24. The van der Waals surface area contributed by atoms with Gasteiger partial charge in [-0.2, -0.15) is 0 Å². The molecule has 1 saturated heterocycles. The molecule has 3 N–H and O–H groups in total. The van der Waals surface area contributed by atoms with Crippen LogP contribution in [0.5, 0.6) is 0 Å². The Kier molecular flexibility index (Phi) is 6.22. The molecule has 33 heavy (non-hydrogen) atoms. The summed E-state index contributed by atoms with van der Waals surface area (Å²) in [6, 6.07) is 9.25. The van der Waals surface area contributed by atoms with Crippen molar-refractivity contribution in [1.29, 1.82) is 0 Å². The summed E-state index contributed by atoms with van der Waals surface area (Å²) >= 11 is 6.98. The minimum absolute atomic E-state index is 0.148. The number of halogens is 1. The second kappa shape index (κ2) is 8.95. The van der Waals surface area contributed by atoms with E-state index in [2.05, 4.69) is 39.7 Å². The number of carbonyl (C=O) groups excluding carboxylic acids is 2. The summed E-state index contributed by atoms with van der Waals surface area (Å²) in [5, 5.41) is 12.6. The highest BCUT2D eigenvalue weighted by Crippen LogP contribution is 2.42. The second-order valence-electron chi connectivity index (χ2n) is 8.16. The van der Waals surface area contributed by atoms with E-state index < -0.39 is 5.41 Å². The molecule has 4 rings (SSSR count). The molecule has 3 heterocycles. The Morgan fingerprint density at radius 3 is 2.64 bits per heavy atom. The molecular weight excluding hydrogens is 464 g/mol. The highest BCUT2D eigenvalue weighted by Gasteiger charge is 2.52. The van der Waals surface area contributed by atoms with Gasteiger partial charge in [-0.15, -0.1) is 5.10 Å². The van der Waals surface area contributed by atoms with Gasteiger partial charge in [-0.25, -0.2) is 10.1 Å². The first-order chi connectivity index (χ1) is 15.7. The number of carbonyl (C=O) groups is 2. The maximum atomic E-state index is 13.8. The number of hydrogen-bond donors (Lipinski definition) is 3. The van der Waals surface area contributed by atoms with Crippen LogP contribution in [-0.2, 0) is 10.2 Å². The van der Waals surface area contributed by atoms with Gasteiger partial charge < -0.3 is 15.5 Å². The number of rotatable bonds is 6. The predicted octanol–water partition coefficient (Wildman–Crippen LogP) is 2.76. The van der Waals surface area contributed by atoms with Gasteiger partial charge >= 0.3 is 4.87 Å². The second-order valence-corrected chi connectivity index (χ2v) is 9.49. The summed E-state index contributed by atoms with van der Waals surface area (Å²) in [7, 11) is 1.50. The van der Waals surface area contributed by atoms with Crippen LogP contribution in [0.4, 0.5) is 10.8 Å². The number of nitrogens with zero attached hydrogens (tertiary/aromatic N) is 3. The molecule has 1 aromatic carbocycles. The van der Waals surface area contributed by atoms with Crippen molar-refractivity contribution in [3.05, 3.63) is 68.0 Å². The maximum Gasteiger partial charge on any atom is 0.324 e. The average Bonchev–Trinajstić information content (AvgIpc) is 3.19. The largest absolute Gasteiger partial charge is 0.355 e. The Labute approximate surface area is 199 Å². The monoisotopic (exact) mass is 486 g/mol. The zero-order valence-corrected chi connectivity index (χ0v) is 19.9. The zero-order valence-electron chi connectivity index (χ0n) is 18.3. The number of H-pyrrole nitrogens is 1. The van der Waals surface area contributed by atoms with Crippen LogP contribution in [-0.4, -0.2) is 47.1 Å². The molecular formula is C22H23ClN6O3S. The minimum atomic E-state index is -0.908. The van der Waals surface area contributed by atoms with Crippen molar-refractivity contribution in [2.45, 2.75) is 25.2 Å². The Balaban J connectivity index is 1.74. The standard InChI is InChI=1S/C22H23ClN6O3S/c1-12(2)13-6-4-5-7-15(13)22(10-29(11-22)20-27-28-21(32)33-20)19(31)26-16-9-25-17(23)8-14(16)18(30)24-3/h4-9,12H,10-11H2,1-3H3,(H,24,30)(H,26,31)(H,28,32). The summed E-state index contributed by atoms with van der Waals surface area (Å²) in [4.78, 5) is 43.4. The van der Waals surface area contributed by atoms with E-state index in [1.807, 2.05) is 29.2 Å². The van der Waals surface area contributed by atoms with E-state index in [9.17, 15) is 14.4 Å². The number of benzene rings is 1. The van der Waals surface area contributed by atoms with Gasteiger partial charge in [0.2, 0.25) is 11.0 Å². The molecule has 9 nitrogen and oxygen atoms in total. The van der Waals surface area contributed by atoms with Gasteiger partial charge in [0, 0.05) is 20.1 Å². The number of aromatic nitrogens is 3. The van der Waals surface area contributed by atoms with E-state index in [1.54, 1.807) is 0 Å². The van der Waals surface area contributed by atoms with Crippen molar-refractivity contribution in [2.24, 2.45) is 0 Å². The van der Waals surface area contributed by atoms with Crippen molar-refractivity contribution in [3.8, 4) is 0 Å². The number of aromatic amines is 1. The smallest absolute Gasteiger partial charge is 0.324 e. The lowest BCUT2D eigenvalue weighted by atomic mass is 9.70. The maximum absolute atomic E-state index is 13.8. The highest BCUT2D eigenvalue weighted by atomic mass is 35.5. The molecule has 172 valence electrons. The van der Waals surface area contributed by atoms with Crippen LogP contribution in [0.2, 0.25) is 5.15 Å². The third-order valence-electron chi connectivity index (χ3n) is 5.74. The number of anilines is 2. The van der Waals surface area contributed by atoms with Gasteiger partial charge in [0.05, 0.1) is 17.4 Å². The van der Waals surface area contributed by atoms with E-state index in [0.29, 0.717) is 18.2 Å². The lowest BCUT2D eigenvalue weighted by Gasteiger charge is -2.49. The Morgan fingerprint density at radius 2 is 2.00 bits per heavy atom. The van der Waals surface area contributed by atoms with Gasteiger partial charge in [0.1, 0.15) is 10.6 Å². The number of hydrogen-bond acceptors (Lipinski definition) is 7. The van der Waals surface area contributed by atoms with E-state index in [0.717, 1.165) is 22.5 Å². The van der Waals surface area contributed by atoms with Crippen molar-refractivity contribution >= 4 is 45.6 Å². The molecule has 1 aliphatic heterocycles. The van der Waals surface area contributed by atoms with Crippen LogP contribution < -0.4 is 20.4 Å². The summed E-state index contributed by atoms with van der Waals surface area (Å²) in [5.74, 6) is -0.466. The van der Waals surface area contributed by atoms with Crippen LogP contribution in [0.1, 0.15) is 41.3 Å². The Bertz CT molecular complexity index is 1260. The first-order valence-electron chi connectivity index (χ1n) is 10.3. The van der Waals surface area contributed by atoms with Gasteiger partial charge in [0.25, 0.3) is 5.91 Å². The fourth-order valence-corrected chi connectivity index (χ4v) is 4.83. The summed E-state index contributed by atoms with van der Waals surface area (Å²) in [5.41, 5.74) is 1.55. The molecule has 11 heteroatoms. The van der Waals surface area contributed by atoms with Gasteiger partial charge in [0.15, 0.2) is 0 Å². The predicted molar refractivity (Wildman–Crippen MR) is 128 cm³/mol. The fourth-order valence-electron chi connectivity index (χ4n) is 4.06. The van der Waals surface area contributed by atoms with Crippen LogP contribution in [0.3, 0.4) is 0 Å².